The van der Waals surface area contributed by atoms with E-state index >= 15 is 0 Å². The number of carbonyl (C=O) groups excluding carboxylic acids is 2. The molecule has 1 unspecified atom stereocenters. The summed E-state index contributed by atoms with van der Waals surface area (Å²) in [7, 11) is -4.23. The van der Waals surface area contributed by atoms with Gasteiger partial charge >= 0.3 is 25.0 Å². The molecular formula is C20H33LiN3O5P. The fourth-order valence-corrected chi connectivity index (χ4v) is 3.75. The van der Waals surface area contributed by atoms with E-state index in [1.807, 2.05) is 32.0 Å². The molecule has 0 fully saturated rings. The predicted molar refractivity (Wildman–Crippen MR) is 111 cm³/mol. The molecule has 0 aliphatic heterocycles. The van der Waals surface area contributed by atoms with Crippen molar-refractivity contribution in [2.45, 2.75) is 59.1 Å². The molecule has 0 saturated heterocycles. The number of amides is 2. The van der Waals surface area contributed by atoms with E-state index in [0.717, 1.165) is 24.8 Å². The van der Waals surface area contributed by atoms with Crippen molar-refractivity contribution in [2.75, 3.05) is 12.8 Å². The number of benzene rings is 1. The summed E-state index contributed by atoms with van der Waals surface area (Å²) < 4.78 is 17.3. The molecule has 0 aromatic heterocycles. The van der Waals surface area contributed by atoms with Crippen molar-refractivity contribution in [3.05, 3.63) is 35.9 Å². The number of carbonyl (C=O) groups is 2. The number of nitrogens with one attached hydrogen (secondary N) is 3. The van der Waals surface area contributed by atoms with Crippen LogP contribution in [-0.2, 0) is 20.7 Å². The Labute approximate surface area is 191 Å². The summed E-state index contributed by atoms with van der Waals surface area (Å²) in [5.74, 6) is -0.227. The first kappa shape index (κ1) is 28.7. The Kier molecular flexibility index (Phi) is 14.8. The third kappa shape index (κ3) is 13.1. The van der Waals surface area contributed by atoms with Gasteiger partial charge in [0.05, 0.1) is 19.8 Å². The van der Waals surface area contributed by atoms with Gasteiger partial charge in [-0.2, -0.15) is 0 Å². The molecule has 8 nitrogen and oxygen atoms in total. The zero-order chi connectivity index (χ0) is 21.7. The van der Waals surface area contributed by atoms with Gasteiger partial charge in [-0.15, -0.1) is 0 Å². The first-order valence-electron chi connectivity index (χ1n) is 10.0. The molecule has 0 aliphatic carbocycles. The molecule has 164 valence electrons. The molecule has 0 saturated carbocycles. The first-order chi connectivity index (χ1) is 13.7. The average molecular weight is 433 g/mol. The minimum atomic E-state index is -4.23. The fourth-order valence-electron chi connectivity index (χ4n) is 2.63. The Balaban J connectivity index is 0.00000841. The van der Waals surface area contributed by atoms with E-state index in [2.05, 4.69) is 22.6 Å². The summed E-state index contributed by atoms with van der Waals surface area (Å²) in [5.41, 5.74) is 0.794. The smallest absolute Gasteiger partial charge is 0.787 e. The molecule has 3 N–H and O–H groups in total. The average Bonchev–Trinajstić information content (AvgIpc) is 2.68. The van der Waals surface area contributed by atoms with Crippen LogP contribution in [0.1, 0.15) is 52.0 Å². The molecule has 0 radical (unpaired) electrons. The van der Waals surface area contributed by atoms with Gasteiger partial charge in [-0.1, -0.05) is 63.9 Å². The summed E-state index contributed by atoms with van der Waals surface area (Å²) in [6.07, 6.45) is 1.77. The maximum Gasteiger partial charge on any atom is 1.00 e. The van der Waals surface area contributed by atoms with E-state index < -0.39 is 25.9 Å². The fraction of sp³-hybridized carbons (Fsp3) is 0.600. The number of hydrogen-bond acceptors (Lipinski definition) is 5. The van der Waals surface area contributed by atoms with Crippen LogP contribution in [0.5, 0.6) is 0 Å². The second-order valence-electron chi connectivity index (χ2n) is 7.38. The van der Waals surface area contributed by atoms with Crippen molar-refractivity contribution in [3.8, 4) is 0 Å². The molecule has 0 aliphatic rings. The zero-order valence-corrected chi connectivity index (χ0v) is 19.4. The van der Waals surface area contributed by atoms with Crippen LogP contribution in [0.3, 0.4) is 0 Å². The van der Waals surface area contributed by atoms with Crippen LogP contribution in [0.15, 0.2) is 30.3 Å². The van der Waals surface area contributed by atoms with E-state index in [0.29, 0.717) is 13.0 Å². The third-order valence-corrected chi connectivity index (χ3v) is 5.38. The van der Waals surface area contributed by atoms with Crippen molar-refractivity contribution < 1.29 is 42.6 Å². The molecular weight excluding hydrogens is 400 g/mol. The van der Waals surface area contributed by atoms with Gasteiger partial charge in [0.1, 0.15) is 6.61 Å². The van der Waals surface area contributed by atoms with Crippen molar-refractivity contribution in [1.82, 2.24) is 15.7 Å². The van der Waals surface area contributed by atoms with E-state index in [1.165, 1.54) is 0 Å². The maximum atomic E-state index is 12.4. The van der Waals surface area contributed by atoms with Gasteiger partial charge < -0.3 is 24.8 Å². The van der Waals surface area contributed by atoms with E-state index in [1.54, 1.807) is 12.1 Å². The van der Waals surface area contributed by atoms with Crippen molar-refractivity contribution >= 4 is 19.5 Å². The molecule has 1 aromatic rings. The minimum absolute atomic E-state index is 0. The molecule has 1 aromatic carbocycles. The molecule has 0 bridgehead atoms. The molecule has 30 heavy (non-hydrogen) atoms. The van der Waals surface area contributed by atoms with Gasteiger partial charge in [0.2, 0.25) is 5.91 Å². The van der Waals surface area contributed by atoms with Crippen LogP contribution < -0.4 is 39.5 Å². The summed E-state index contributed by atoms with van der Waals surface area (Å²) in [6, 6.07) is 8.19. The van der Waals surface area contributed by atoms with Crippen LogP contribution in [0, 0.1) is 5.92 Å². The van der Waals surface area contributed by atoms with E-state index in [9.17, 15) is 19.0 Å². The molecule has 2 amide bonds. The quantitative estimate of drug-likeness (QED) is 0.224. The number of rotatable bonds is 13. The number of unbranched alkanes of at least 4 members (excludes halogenated alkanes) is 2. The van der Waals surface area contributed by atoms with Gasteiger partial charge in [-0.05, 0) is 24.3 Å². The number of alkyl carbamates (subject to hydrolysis) is 1. The Bertz CT molecular complexity index is 676. The summed E-state index contributed by atoms with van der Waals surface area (Å²) in [6.45, 7) is 6.44. The second kappa shape index (κ2) is 15.5. The Hall–Kier alpha value is -1.29. The normalized spacial score (nSPS) is 13.6. The Morgan fingerprint density at radius 1 is 1.13 bits per heavy atom. The largest absolute Gasteiger partial charge is 1.00 e. The number of ether oxygens (including phenoxy) is 1. The van der Waals surface area contributed by atoms with Gasteiger partial charge in [0.25, 0.3) is 0 Å². The monoisotopic (exact) mass is 433 g/mol. The SMILES string of the molecule is CCCCCNC(=O)[C@H](CC(C)C)NP(=O)([O-])CNC(=O)OCc1ccccc1.[Li+]. The molecule has 2 atom stereocenters. The second-order valence-corrected chi connectivity index (χ2v) is 9.30. The zero-order valence-electron chi connectivity index (χ0n) is 18.5. The van der Waals surface area contributed by atoms with Crippen molar-refractivity contribution in [3.63, 3.8) is 0 Å². The van der Waals surface area contributed by atoms with Gasteiger partial charge in [-0.25, -0.2) is 4.79 Å². The first-order valence-corrected chi connectivity index (χ1v) is 11.8. The summed E-state index contributed by atoms with van der Waals surface area (Å²) in [5, 5.41) is 7.41. The van der Waals surface area contributed by atoms with Crippen LogP contribution in [0.25, 0.3) is 0 Å². The Morgan fingerprint density at radius 3 is 2.40 bits per heavy atom. The van der Waals surface area contributed by atoms with E-state index in [-0.39, 0.29) is 37.3 Å². The topological polar surface area (TPSA) is 120 Å². The third-order valence-electron chi connectivity index (χ3n) is 4.10. The van der Waals surface area contributed by atoms with Crippen molar-refractivity contribution in [1.29, 1.82) is 0 Å². The van der Waals surface area contributed by atoms with Gasteiger partial charge in [0, 0.05) is 6.54 Å². The van der Waals surface area contributed by atoms with E-state index in [4.69, 9.17) is 4.74 Å². The molecule has 10 heteroatoms. The van der Waals surface area contributed by atoms with Crippen molar-refractivity contribution in [2.24, 2.45) is 5.92 Å². The van der Waals surface area contributed by atoms with Gasteiger partial charge in [-0.3, -0.25) is 9.88 Å². The molecule has 0 spiro atoms. The van der Waals surface area contributed by atoms with Crippen LogP contribution >= 0.6 is 7.52 Å². The van der Waals surface area contributed by atoms with Gasteiger partial charge in [0.15, 0.2) is 0 Å². The minimum Gasteiger partial charge on any atom is -0.787 e. The van der Waals surface area contributed by atoms with Crippen LogP contribution in [-0.4, -0.2) is 30.9 Å². The standard InChI is InChI=1S/C20H34N3O5P.Li/c1-4-5-9-12-21-19(24)18(13-16(2)3)23-29(26,27)15-22-20(25)28-14-17-10-7-6-8-11-17;/h6-8,10-11,16,18H,4-5,9,12-15H2,1-3H3,(H,21,24)(H,22,25)(H2,23,26,27);/q;+1/p-1/t18-;/m0./s1. The van der Waals surface area contributed by atoms with Crippen LogP contribution in [0.2, 0.25) is 0 Å². The maximum absolute atomic E-state index is 12.4. The predicted octanol–water partition coefficient (Wildman–Crippen LogP) is -0.262. The van der Waals surface area contributed by atoms with Crippen LogP contribution in [0.4, 0.5) is 4.79 Å². The Morgan fingerprint density at radius 2 is 1.80 bits per heavy atom. The summed E-state index contributed by atoms with van der Waals surface area (Å²) in [4.78, 5) is 36.5. The molecule has 0 heterocycles. The number of hydrogen-bond donors (Lipinski definition) is 3. The molecule has 1 rings (SSSR count). The summed E-state index contributed by atoms with van der Waals surface area (Å²) >= 11 is 0.